The van der Waals surface area contributed by atoms with Gasteiger partial charge in [-0.2, -0.15) is 4.37 Å². The Morgan fingerprint density at radius 3 is 2.50 bits per heavy atom. The number of nitrogens with zero attached hydrogens (tertiary/aromatic N) is 3. The highest BCUT2D eigenvalue weighted by molar-refractivity contribution is 7.10. The van der Waals surface area contributed by atoms with E-state index in [1.165, 1.54) is 19.1 Å². The first kappa shape index (κ1) is 24.7. The van der Waals surface area contributed by atoms with E-state index < -0.39 is 29.9 Å². The van der Waals surface area contributed by atoms with Gasteiger partial charge in [0.25, 0.3) is 11.8 Å². The Kier molecular flexibility index (Phi) is 7.17. The summed E-state index contributed by atoms with van der Waals surface area (Å²) in [4.78, 5) is 45.8. The molecule has 2 heterocycles. The molecule has 0 fully saturated rings. The number of fused-ring (bicyclic) bond motifs is 1. The number of anilines is 3. The van der Waals surface area contributed by atoms with Gasteiger partial charge in [-0.05, 0) is 55.7 Å². The maximum atomic E-state index is 13.1. The molecule has 2 atom stereocenters. The number of aliphatic hydroxyl groups excluding tert-OH is 1. The van der Waals surface area contributed by atoms with E-state index >= 15 is 0 Å². The SMILES string of the molecule is Cc1nsc(Nc2cnc3ccccc3n2)c1C(=O)Nc1cccc(C(=O)N[C@H](C(=O)O)[C@@H](C)O)c1. The lowest BCUT2D eigenvalue weighted by Gasteiger charge is -2.17. The van der Waals surface area contributed by atoms with Gasteiger partial charge in [0, 0.05) is 11.3 Å². The van der Waals surface area contributed by atoms with Crippen LogP contribution in [0.3, 0.4) is 0 Å². The number of carboxylic acid groups (broad SMARTS) is 1. The Morgan fingerprint density at radius 2 is 1.78 bits per heavy atom. The van der Waals surface area contributed by atoms with Gasteiger partial charge in [-0.1, -0.05) is 18.2 Å². The minimum Gasteiger partial charge on any atom is -0.480 e. The molecular weight excluding hydrogens is 484 g/mol. The summed E-state index contributed by atoms with van der Waals surface area (Å²) in [6.45, 7) is 2.97. The third-order valence-electron chi connectivity index (χ3n) is 5.20. The Bertz CT molecular complexity index is 1450. The molecular formula is C24H22N6O5S. The number of carboxylic acids is 1. The first-order chi connectivity index (χ1) is 17.2. The molecule has 4 aromatic rings. The van der Waals surface area contributed by atoms with Crippen molar-refractivity contribution >= 4 is 56.9 Å². The van der Waals surface area contributed by atoms with Crippen LogP contribution in [0.25, 0.3) is 11.0 Å². The largest absolute Gasteiger partial charge is 0.480 e. The van der Waals surface area contributed by atoms with Gasteiger partial charge in [-0.3, -0.25) is 14.6 Å². The van der Waals surface area contributed by atoms with Gasteiger partial charge in [0.05, 0.1) is 34.6 Å². The van der Waals surface area contributed by atoms with Crippen molar-refractivity contribution < 1.29 is 24.6 Å². The molecule has 0 spiro atoms. The van der Waals surface area contributed by atoms with E-state index in [0.29, 0.717) is 33.3 Å². The lowest BCUT2D eigenvalue weighted by Crippen LogP contribution is -2.47. The normalized spacial score (nSPS) is 12.5. The van der Waals surface area contributed by atoms with Crippen LogP contribution in [0, 0.1) is 6.92 Å². The number of amides is 2. The topological polar surface area (TPSA) is 166 Å². The highest BCUT2D eigenvalue weighted by Crippen LogP contribution is 2.28. The molecule has 184 valence electrons. The van der Waals surface area contributed by atoms with Gasteiger partial charge in [-0.25, -0.2) is 9.78 Å². The Balaban J connectivity index is 1.51. The van der Waals surface area contributed by atoms with Crippen molar-refractivity contribution in [2.24, 2.45) is 0 Å². The van der Waals surface area contributed by atoms with Crippen LogP contribution in [0.2, 0.25) is 0 Å². The van der Waals surface area contributed by atoms with Gasteiger partial charge >= 0.3 is 5.97 Å². The average Bonchev–Trinajstić information content (AvgIpc) is 3.21. The number of rotatable bonds is 8. The van der Waals surface area contributed by atoms with E-state index in [2.05, 4.69) is 30.3 Å². The molecule has 12 heteroatoms. The minimum absolute atomic E-state index is 0.115. The van der Waals surface area contributed by atoms with E-state index in [0.717, 1.165) is 17.0 Å². The third-order valence-corrected chi connectivity index (χ3v) is 6.05. The summed E-state index contributed by atoms with van der Waals surface area (Å²) >= 11 is 1.10. The molecule has 2 aromatic carbocycles. The summed E-state index contributed by atoms with van der Waals surface area (Å²) < 4.78 is 4.28. The van der Waals surface area contributed by atoms with E-state index in [9.17, 15) is 24.6 Å². The number of hydrogen-bond donors (Lipinski definition) is 5. The van der Waals surface area contributed by atoms with E-state index in [1.807, 2.05) is 24.3 Å². The second-order valence-corrected chi connectivity index (χ2v) is 8.68. The van der Waals surface area contributed by atoms with Crippen molar-refractivity contribution in [3.8, 4) is 0 Å². The summed E-state index contributed by atoms with van der Waals surface area (Å²) in [5, 5.41) is 27.4. The maximum absolute atomic E-state index is 13.1. The zero-order chi connectivity index (χ0) is 25.8. The van der Waals surface area contributed by atoms with Crippen LogP contribution in [0.4, 0.5) is 16.5 Å². The second-order valence-electron chi connectivity index (χ2n) is 7.91. The van der Waals surface area contributed by atoms with Crippen LogP contribution < -0.4 is 16.0 Å². The van der Waals surface area contributed by atoms with Crippen LogP contribution in [-0.4, -0.2) is 54.5 Å². The zero-order valence-electron chi connectivity index (χ0n) is 19.2. The standard InChI is InChI=1S/C24H22N6O5S/c1-12-19(23(36-30-12)28-18-11-25-16-8-3-4-9-17(16)27-18)22(33)26-15-7-5-6-14(10-15)21(32)29-20(13(2)31)24(34)35/h3-11,13,20,31H,1-2H3,(H,26,33)(H,27,28)(H,29,32)(H,34,35)/t13-,20+/m1/s1. The summed E-state index contributed by atoms with van der Waals surface area (Å²) in [5.74, 6) is -2.07. The molecule has 11 nitrogen and oxygen atoms in total. The predicted octanol–water partition coefficient (Wildman–Crippen LogP) is 2.95. The van der Waals surface area contributed by atoms with E-state index in [1.54, 1.807) is 25.3 Å². The van der Waals surface area contributed by atoms with Crippen molar-refractivity contribution in [3.05, 3.63) is 71.5 Å². The number of carbonyl (C=O) groups excluding carboxylic acids is 2. The molecule has 2 amide bonds. The van der Waals surface area contributed by atoms with Gasteiger partial charge in [0.15, 0.2) is 6.04 Å². The monoisotopic (exact) mass is 506 g/mol. The van der Waals surface area contributed by atoms with Crippen LogP contribution in [-0.2, 0) is 4.79 Å². The zero-order valence-corrected chi connectivity index (χ0v) is 20.0. The van der Waals surface area contributed by atoms with Crippen LogP contribution in [0.5, 0.6) is 0 Å². The molecule has 4 rings (SSSR count). The summed E-state index contributed by atoms with van der Waals surface area (Å²) in [7, 11) is 0. The van der Waals surface area contributed by atoms with Crippen LogP contribution in [0.15, 0.2) is 54.7 Å². The average molecular weight is 507 g/mol. The quantitative estimate of drug-likeness (QED) is 0.241. The van der Waals surface area contributed by atoms with E-state index in [4.69, 9.17) is 0 Å². The lowest BCUT2D eigenvalue weighted by molar-refractivity contribution is -0.141. The summed E-state index contributed by atoms with van der Waals surface area (Å²) in [6.07, 6.45) is 0.278. The van der Waals surface area contributed by atoms with Gasteiger partial charge in [0.2, 0.25) is 0 Å². The molecule has 0 aliphatic heterocycles. The first-order valence-electron chi connectivity index (χ1n) is 10.8. The Morgan fingerprint density at radius 1 is 1.03 bits per heavy atom. The van der Waals surface area contributed by atoms with E-state index in [-0.39, 0.29) is 5.56 Å². The molecule has 0 bridgehead atoms. The molecule has 0 saturated carbocycles. The number of para-hydroxylation sites is 2. The number of carbonyl (C=O) groups is 3. The van der Waals surface area contributed by atoms with Crippen molar-refractivity contribution in [2.75, 3.05) is 10.6 Å². The van der Waals surface area contributed by atoms with Crippen LogP contribution >= 0.6 is 11.5 Å². The second kappa shape index (κ2) is 10.5. The fourth-order valence-corrected chi connectivity index (χ4v) is 4.20. The number of nitrogens with one attached hydrogen (secondary N) is 3. The van der Waals surface area contributed by atoms with Gasteiger partial charge < -0.3 is 26.2 Å². The molecule has 2 aromatic heterocycles. The molecule has 0 unspecified atom stereocenters. The predicted molar refractivity (Wildman–Crippen MR) is 135 cm³/mol. The Labute approximate surface area is 209 Å². The fourth-order valence-electron chi connectivity index (χ4n) is 3.40. The van der Waals surface area contributed by atoms with Crippen LogP contribution in [0.1, 0.15) is 33.3 Å². The minimum atomic E-state index is -1.47. The number of aromatic nitrogens is 3. The number of aliphatic carboxylic acids is 1. The Hall–Kier alpha value is -4.42. The third kappa shape index (κ3) is 5.45. The number of benzene rings is 2. The molecule has 0 radical (unpaired) electrons. The van der Waals surface area contributed by atoms with Crippen molar-refractivity contribution in [1.29, 1.82) is 0 Å². The fraction of sp³-hybridized carbons (Fsp3) is 0.167. The van der Waals surface area contributed by atoms with Gasteiger partial charge in [-0.15, -0.1) is 0 Å². The molecule has 5 N–H and O–H groups in total. The molecule has 0 saturated heterocycles. The molecule has 0 aliphatic carbocycles. The van der Waals surface area contributed by atoms with Crippen molar-refractivity contribution in [3.63, 3.8) is 0 Å². The molecule has 36 heavy (non-hydrogen) atoms. The number of aliphatic hydroxyl groups is 1. The lowest BCUT2D eigenvalue weighted by atomic mass is 10.1. The maximum Gasteiger partial charge on any atom is 0.328 e. The number of hydrogen-bond acceptors (Lipinski definition) is 9. The summed E-state index contributed by atoms with van der Waals surface area (Å²) in [6, 6.07) is 12.0. The summed E-state index contributed by atoms with van der Waals surface area (Å²) in [5.41, 5.74) is 2.69. The van der Waals surface area contributed by atoms with Crippen molar-refractivity contribution in [1.82, 2.24) is 19.7 Å². The van der Waals surface area contributed by atoms with Crippen molar-refractivity contribution in [2.45, 2.75) is 26.0 Å². The van der Waals surface area contributed by atoms with Gasteiger partial charge in [0.1, 0.15) is 10.8 Å². The molecule has 0 aliphatic rings. The highest BCUT2D eigenvalue weighted by atomic mass is 32.1. The first-order valence-corrected chi connectivity index (χ1v) is 11.6. The highest BCUT2D eigenvalue weighted by Gasteiger charge is 2.26. The number of aryl methyl sites for hydroxylation is 1. The smallest absolute Gasteiger partial charge is 0.328 e.